The monoisotopic (exact) mass is 221 g/mol. The number of rotatable bonds is 4. The lowest BCUT2D eigenvalue weighted by Gasteiger charge is -2.14. The molecule has 0 saturated heterocycles. The van der Waals surface area contributed by atoms with Crippen LogP contribution in [0.25, 0.3) is 0 Å². The Balaban J connectivity index is 2.61. The first-order valence-corrected chi connectivity index (χ1v) is 5.47. The number of hydrogen-bond donors (Lipinski definition) is 2. The van der Waals surface area contributed by atoms with Gasteiger partial charge in [-0.25, -0.2) is 0 Å². The van der Waals surface area contributed by atoms with Crippen LogP contribution in [-0.2, 0) is 4.79 Å². The second kappa shape index (κ2) is 5.61. The van der Waals surface area contributed by atoms with Crippen molar-refractivity contribution in [1.29, 1.82) is 0 Å². The van der Waals surface area contributed by atoms with Gasteiger partial charge in [0, 0.05) is 6.20 Å². The molecule has 1 aromatic rings. The Labute approximate surface area is 96.3 Å². The molecule has 88 valence electrons. The lowest BCUT2D eigenvalue weighted by atomic mass is 10.0. The van der Waals surface area contributed by atoms with Crippen molar-refractivity contribution < 1.29 is 4.79 Å². The van der Waals surface area contributed by atoms with Gasteiger partial charge >= 0.3 is 0 Å². The van der Waals surface area contributed by atoms with E-state index >= 15 is 0 Å². The van der Waals surface area contributed by atoms with Gasteiger partial charge in [-0.1, -0.05) is 13.8 Å². The van der Waals surface area contributed by atoms with E-state index in [-0.39, 0.29) is 5.91 Å². The molecule has 0 fully saturated rings. The molecular formula is C12H19N3O. The number of aryl methyl sites for hydroxylation is 1. The van der Waals surface area contributed by atoms with Crippen LogP contribution >= 0.6 is 0 Å². The van der Waals surface area contributed by atoms with Gasteiger partial charge in [-0.2, -0.15) is 0 Å². The summed E-state index contributed by atoms with van der Waals surface area (Å²) in [4.78, 5) is 15.7. The maximum atomic E-state index is 11.7. The number of nitrogens with one attached hydrogen (secondary N) is 1. The lowest BCUT2D eigenvalue weighted by Crippen LogP contribution is -2.36. The van der Waals surface area contributed by atoms with Crippen LogP contribution in [-0.4, -0.2) is 16.9 Å². The van der Waals surface area contributed by atoms with E-state index in [9.17, 15) is 4.79 Å². The molecule has 0 radical (unpaired) electrons. The topological polar surface area (TPSA) is 68.0 Å². The first-order valence-electron chi connectivity index (χ1n) is 5.47. The highest BCUT2D eigenvalue weighted by Gasteiger charge is 2.15. The summed E-state index contributed by atoms with van der Waals surface area (Å²) in [5, 5.41) is 2.79. The standard InChI is InChI=1S/C12H19N3O/c1-8(2)6-10(13)12(16)15-11-7-14-5-4-9(11)3/h4-5,7-8,10H,6,13H2,1-3H3,(H,15,16)/t10-/m1/s1. The summed E-state index contributed by atoms with van der Waals surface area (Å²) in [6, 6.07) is 1.39. The minimum atomic E-state index is -0.459. The molecule has 0 unspecified atom stereocenters. The Kier molecular flexibility index (Phi) is 4.43. The Morgan fingerprint density at radius 3 is 2.81 bits per heavy atom. The summed E-state index contributed by atoms with van der Waals surface area (Å²) < 4.78 is 0. The molecular weight excluding hydrogens is 202 g/mol. The molecule has 1 amide bonds. The van der Waals surface area contributed by atoms with Crippen molar-refractivity contribution in [2.45, 2.75) is 33.2 Å². The molecule has 0 spiro atoms. The molecule has 1 aromatic heterocycles. The summed E-state index contributed by atoms with van der Waals surface area (Å²) in [6.45, 7) is 6.01. The second-order valence-electron chi connectivity index (χ2n) is 4.42. The van der Waals surface area contributed by atoms with E-state index in [1.807, 2.05) is 26.8 Å². The fraction of sp³-hybridized carbons (Fsp3) is 0.500. The lowest BCUT2D eigenvalue weighted by molar-refractivity contribution is -0.117. The molecule has 0 bridgehead atoms. The van der Waals surface area contributed by atoms with Gasteiger partial charge in [-0.05, 0) is 30.9 Å². The van der Waals surface area contributed by atoms with Crippen molar-refractivity contribution in [3.05, 3.63) is 24.0 Å². The Hall–Kier alpha value is -1.42. The van der Waals surface area contributed by atoms with Crippen LogP contribution in [0.2, 0.25) is 0 Å². The fourth-order valence-corrected chi connectivity index (χ4v) is 1.44. The Bertz CT molecular complexity index is 363. The van der Waals surface area contributed by atoms with E-state index in [0.29, 0.717) is 12.3 Å². The van der Waals surface area contributed by atoms with Crippen molar-refractivity contribution >= 4 is 11.6 Å². The number of carbonyl (C=O) groups is 1. The van der Waals surface area contributed by atoms with Crippen molar-refractivity contribution in [2.24, 2.45) is 11.7 Å². The van der Waals surface area contributed by atoms with Gasteiger partial charge in [0.05, 0.1) is 17.9 Å². The van der Waals surface area contributed by atoms with Crippen LogP contribution in [0, 0.1) is 12.8 Å². The van der Waals surface area contributed by atoms with Crippen molar-refractivity contribution in [2.75, 3.05) is 5.32 Å². The number of aromatic nitrogens is 1. The van der Waals surface area contributed by atoms with Crippen LogP contribution in [0.5, 0.6) is 0 Å². The van der Waals surface area contributed by atoms with Gasteiger partial charge in [0.1, 0.15) is 0 Å². The molecule has 4 nitrogen and oxygen atoms in total. The Morgan fingerprint density at radius 1 is 1.56 bits per heavy atom. The number of amides is 1. The molecule has 0 aromatic carbocycles. The minimum absolute atomic E-state index is 0.148. The molecule has 0 aliphatic carbocycles. The van der Waals surface area contributed by atoms with Crippen molar-refractivity contribution in [3.63, 3.8) is 0 Å². The van der Waals surface area contributed by atoms with E-state index in [2.05, 4.69) is 10.3 Å². The molecule has 4 heteroatoms. The fourth-order valence-electron chi connectivity index (χ4n) is 1.44. The number of carbonyl (C=O) groups excluding carboxylic acids is 1. The van der Waals surface area contributed by atoms with Crippen LogP contribution in [0.3, 0.4) is 0 Å². The largest absolute Gasteiger partial charge is 0.323 e. The summed E-state index contributed by atoms with van der Waals surface area (Å²) >= 11 is 0. The normalized spacial score (nSPS) is 12.6. The highest BCUT2D eigenvalue weighted by Crippen LogP contribution is 2.12. The van der Waals surface area contributed by atoms with Crippen molar-refractivity contribution in [3.8, 4) is 0 Å². The maximum Gasteiger partial charge on any atom is 0.241 e. The molecule has 0 saturated carbocycles. The number of pyridine rings is 1. The van der Waals surface area contributed by atoms with Gasteiger partial charge in [-0.3, -0.25) is 9.78 Å². The third-order valence-electron chi connectivity index (χ3n) is 2.36. The van der Waals surface area contributed by atoms with Crippen molar-refractivity contribution in [1.82, 2.24) is 4.98 Å². The molecule has 1 heterocycles. The van der Waals surface area contributed by atoms with Crippen LogP contribution in [0.1, 0.15) is 25.8 Å². The predicted octanol–water partition coefficient (Wildman–Crippen LogP) is 1.70. The average molecular weight is 221 g/mol. The van der Waals surface area contributed by atoms with Gasteiger partial charge < -0.3 is 11.1 Å². The smallest absolute Gasteiger partial charge is 0.241 e. The summed E-state index contributed by atoms with van der Waals surface area (Å²) in [5.74, 6) is 0.264. The highest BCUT2D eigenvalue weighted by molar-refractivity contribution is 5.95. The first-order chi connectivity index (χ1) is 7.50. The van der Waals surface area contributed by atoms with Gasteiger partial charge in [-0.15, -0.1) is 0 Å². The SMILES string of the molecule is Cc1ccncc1NC(=O)[C@H](N)CC(C)C. The van der Waals surface area contributed by atoms with Crippen LogP contribution < -0.4 is 11.1 Å². The number of anilines is 1. The summed E-state index contributed by atoms with van der Waals surface area (Å²) in [6.07, 6.45) is 4.01. The summed E-state index contributed by atoms with van der Waals surface area (Å²) in [5.41, 5.74) is 7.50. The number of nitrogens with two attached hydrogens (primary N) is 1. The van der Waals surface area contributed by atoms with E-state index < -0.39 is 6.04 Å². The maximum absolute atomic E-state index is 11.7. The average Bonchev–Trinajstić information content (AvgIpc) is 2.20. The quantitative estimate of drug-likeness (QED) is 0.813. The second-order valence-corrected chi connectivity index (χ2v) is 4.42. The zero-order chi connectivity index (χ0) is 12.1. The molecule has 16 heavy (non-hydrogen) atoms. The van der Waals surface area contributed by atoms with E-state index in [4.69, 9.17) is 5.73 Å². The van der Waals surface area contributed by atoms with E-state index in [1.165, 1.54) is 0 Å². The Morgan fingerprint density at radius 2 is 2.25 bits per heavy atom. The van der Waals surface area contributed by atoms with E-state index in [1.54, 1.807) is 12.4 Å². The zero-order valence-corrected chi connectivity index (χ0v) is 10.0. The zero-order valence-electron chi connectivity index (χ0n) is 10.0. The number of hydrogen-bond acceptors (Lipinski definition) is 3. The van der Waals surface area contributed by atoms with E-state index in [0.717, 1.165) is 11.3 Å². The summed E-state index contributed by atoms with van der Waals surface area (Å²) in [7, 11) is 0. The minimum Gasteiger partial charge on any atom is -0.323 e. The molecule has 1 atom stereocenters. The van der Waals surface area contributed by atoms with Gasteiger partial charge in [0.25, 0.3) is 0 Å². The highest BCUT2D eigenvalue weighted by atomic mass is 16.2. The third-order valence-corrected chi connectivity index (χ3v) is 2.36. The third kappa shape index (κ3) is 3.62. The molecule has 0 aliphatic heterocycles. The predicted molar refractivity (Wildman–Crippen MR) is 65.0 cm³/mol. The van der Waals surface area contributed by atoms with Crippen LogP contribution in [0.15, 0.2) is 18.5 Å². The van der Waals surface area contributed by atoms with Crippen LogP contribution in [0.4, 0.5) is 5.69 Å². The van der Waals surface area contributed by atoms with Gasteiger partial charge in [0.15, 0.2) is 0 Å². The number of nitrogens with zero attached hydrogens (tertiary/aromatic N) is 1. The molecule has 0 aliphatic rings. The first kappa shape index (κ1) is 12.6. The molecule has 1 rings (SSSR count). The van der Waals surface area contributed by atoms with Gasteiger partial charge in [0.2, 0.25) is 5.91 Å². The molecule has 3 N–H and O–H groups in total.